The number of hydrogen-bond acceptors (Lipinski definition) is 4. The van der Waals surface area contributed by atoms with Crippen molar-refractivity contribution in [1.29, 1.82) is 0 Å². The van der Waals surface area contributed by atoms with E-state index in [9.17, 15) is 14.4 Å². The Balaban J connectivity index is 1.73. The number of esters is 1. The Morgan fingerprint density at radius 1 is 1.20 bits per heavy atom. The van der Waals surface area contributed by atoms with Crippen molar-refractivity contribution >= 4 is 17.9 Å². The van der Waals surface area contributed by atoms with E-state index < -0.39 is 11.5 Å². The van der Waals surface area contributed by atoms with Crippen molar-refractivity contribution in [2.45, 2.75) is 51.1 Å². The first-order valence-corrected chi connectivity index (χ1v) is 8.77. The van der Waals surface area contributed by atoms with Crippen molar-refractivity contribution < 1.29 is 19.1 Å². The van der Waals surface area contributed by atoms with Gasteiger partial charge in [0.15, 0.2) is 0 Å². The van der Waals surface area contributed by atoms with E-state index in [2.05, 4.69) is 10.1 Å². The van der Waals surface area contributed by atoms with Crippen LogP contribution < -0.4 is 5.32 Å². The number of nitrogens with one attached hydrogen (secondary N) is 1. The minimum Gasteiger partial charge on any atom is -0.465 e. The molecule has 1 atom stereocenters. The lowest BCUT2D eigenvalue weighted by Gasteiger charge is -2.34. The molecule has 1 heterocycles. The zero-order valence-corrected chi connectivity index (χ0v) is 14.7. The SMILES string of the molecule is COC(=O)c1ccc(CN2C(=O)N[C@@](C)(C3CCCCC3)C2=O)cc1. The fourth-order valence-corrected chi connectivity index (χ4v) is 3.86. The van der Waals surface area contributed by atoms with Gasteiger partial charge in [-0.15, -0.1) is 0 Å². The summed E-state index contributed by atoms with van der Waals surface area (Å²) in [6, 6.07) is 6.42. The summed E-state index contributed by atoms with van der Waals surface area (Å²) in [6.45, 7) is 2.05. The molecule has 1 aliphatic heterocycles. The lowest BCUT2D eigenvalue weighted by Crippen LogP contribution is -2.51. The van der Waals surface area contributed by atoms with Gasteiger partial charge in [-0.05, 0) is 43.4 Å². The van der Waals surface area contributed by atoms with Crippen LogP contribution in [0.15, 0.2) is 24.3 Å². The van der Waals surface area contributed by atoms with E-state index in [1.807, 2.05) is 6.92 Å². The van der Waals surface area contributed by atoms with Gasteiger partial charge in [-0.3, -0.25) is 9.69 Å². The molecule has 0 unspecified atom stereocenters. The summed E-state index contributed by atoms with van der Waals surface area (Å²) in [5.74, 6) is -0.364. The number of imide groups is 1. The highest BCUT2D eigenvalue weighted by molar-refractivity contribution is 6.07. The van der Waals surface area contributed by atoms with Gasteiger partial charge in [-0.25, -0.2) is 9.59 Å². The third-order valence-corrected chi connectivity index (χ3v) is 5.44. The van der Waals surface area contributed by atoms with Crippen LogP contribution in [0.5, 0.6) is 0 Å². The van der Waals surface area contributed by atoms with Crippen LogP contribution in [0, 0.1) is 5.92 Å². The normalized spacial score (nSPS) is 24.3. The number of carbonyl (C=O) groups excluding carboxylic acids is 3. The van der Waals surface area contributed by atoms with Crippen molar-refractivity contribution in [2.24, 2.45) is 5.92 Å². The molecule has 1 aliphatic carbocycles. The van der Waals surface area contributed by atoms with E-state index in [1.54, 1.807) is 24.3 Å². The van der Waals surface area contributed by atoms with Crippen LogP contribution in [0.4, 0.5) is 4.79 Å². The molecule has 6 heteroatoms. The monoisotopic (exact) mass is 344 g/mol. The first-order valence-electron chi connectivity index (χ1n) is 8.77. The van der Waals surface area contributed by atoms with Crippen molar-refractivity contribution in [1.82, 2.24) is 10.2 Å². The lowest BCUT2D eigenvalue weighted by molar-refractivity contribution is -0.133. The molecule has 3 rings (SSSR count). The molecule has 1 saturated carbocycles. The first-order chi connectivity index (χ1) is 12.0. The number of rotatable bonds is 4. The summed E-state index contributed by atoms with van der Waals surface area (Å²) in [5, 5.41) is 2.92. The van der Waals surface area contributed by atoms with Crippen molar-refractivity contribution in [2.75, 3.05) is 7.11 Å². The second-order valence-corrected chi connectivity index (χ2v) is 7.05. The van der Waals surface area contributed by atoms with Gasteiger partial charge in [0.1, 0.15) is 5.54 Å². The second-order valence-electron chi connectivity index (χ2n) is 7.05. The van der Waals surface area contributed by atoms with Crippen LogP contribution >= 0.6 is 0 Å². The highest BCUT2D eigenvalue weighted by Crippen LogP contribution is 2.36. The smallest absolute Gasteiger partial charge is 0.337 e. The maximum atomic E-state index is 12.9. The Morgan fingerprint density at radius 3 is 2.44 bits per heavy atom. The zero-order chi connectivity index (χ0) is 18.0. The summed E-state index contributed by atoms with van der Waals surface area (Å²) in [4.78, 5) is 38.1. The molecule has 25 heavy (non-hydrogen) atoms. The summed E-state index contributed by atoms with van der Waals surface area (Å²) >= 11 is 0. The van der Waals surface area contributed by atoms with Crippen molar-refractivity contribution in [3.05, 3.63) is 35.4 Å². The maximum absolute atomic E-state index is 12.9. The Hall–Kier alpha value is -2.37. The second kappa shape index (κ2) is 6.86. The minimum absolute atomic E-state index is 0.151. The molecule has 2 fully saturated rings. The van der Waals surface area contributed by atoms with Crippen LogP contribution in [-0.2, 0) is 16.1 Å². The van der Waals surface area contributed by atoms with E-state index in [4.69, 9.17) is 0 Å². The summed E-state index contributed by atoms with van der Waals surface area (Å²) in [6.07, 6.45) is 5.37. The average molecular weight is 344 g/mol. The van der Waals surface area contributed by atoms with Gasteiger partial charge in [0.25, 0.3) is 5.91 Å². The van der Waals surface area contributed by atoms with Crippen LogP contribution in [-0.4, -0.2) is 35.5 Å². The van der Waals surface area contributed by atoms with Crippen LogP contribution in [0.1, 0.15) is 54.9 Å². The van der Waals surface area contributed by atoms with Gasteiger partial charge in [0.05, 0.1) is 19.2 Å². The molecule has 134 valence electrons. The molecule has 1 aromatic carbocycles. The highest BCUT2D eigenvalue weighted by atomic mass is 16.5. The standard InChI is InChI=1S/C19H24N2O4/c1-19(15-6-4-3-5-7-15)17(23)21(18(24)20-19)12-13-8-10-14(11-9-13)16(22)25-2/h8-11,15H,3-7,12H2,1-2H3,(H,20,24)/t19-/m0/s1. The van der Waals surface area contributed by atoms with Crippen molar-refractivity contribution in [3.8, 4) is 0 Å². The number of methoxy groups -OCH3 is 1. The average Bonchev–Trinajstić information content (AvgIpc) is 2.86. The molecular formula is C19H24N2O4. The van der Waals surface area contributed by atoms with E-state index in [1.165, 1.54) is 18.4 Å². The number of carbonyl (C=O) groups is 3. The van der Waals surface area contributed by atoms with E-state index in [0.29, 0.717) is 5.56 Å². The molecule has 1 saturated heterocycles. The Labute approximate surface area is 147 Å². The number of nitrogens with zero attached hydrogens (tertiary/aromatic N) is 1. The summed E-state index contributed by atoms with van der Waals surface area (Å²) in [5.41, 5.74) is 0.434. The molecule has 3 amide bonds. The largest absolute Gasteiger partial charge is 0.465 e. The zero-order valence-electron chi connectivity index (χ0n) is 14.7. The summed E-state index contributed by atoms with van der Waals surface area (Å²) in [7, 11) is 1.33. The topological polar surface area (TPSA) is 75.7 Å². The van der Waals surface area contributed by atoms with E-state index >= 15 is 0 Å². The van der Waals surface area contributed by atoms with Crippen LogP contribution in [0.2, 0.25) is 0 Å². The number of urea groups is 1. The third-order valence-electron chi connectivity index (χ3n) is 5.44. The molecule has 0 spiro atoms. The highest BCUT2D eigenvalue weighted by Gasteiger charge is 2.52. The number of amides is 3. The summed E-state index contributed by atoms with van der Waals surface area (Å²) < 4.78 is 4.67. The quantitative estimate of drug-likeness (QED) is 0.673. The third kappa shape index (κ3) is 3.25. The molecule has 2 aliphatic rings. The fourth-order valence-electron chi connectivity index (χ4n) is 3.86. The van der Waals surface area contributed by atoms with Crippen LogP contribution in [0.3, 0.4) is 0 Å². The Bertz CT molecular complexity index is 679. The molecule has 0 radical (unpaired) electrons. The molecule has 0 bridgehead atoms. The minimum atomic E-state index is -0.802. The molecule has 1 aromatic rings. The van der Waals surface area contributed by atoms with Gasteiger partial charge >= 0.3 is 12.0 Å². The Kier molecular flexibility index (Phi) is 4.79. The maximum Gasteiger partial charge on any atom is 0.337 e. The first kappa shape index (κ1) is 17.5. The fraction of sp³-hybridized carbons (Fsp3) is 0.526. The number of benzene rings is 1. The lowest BCUT2D eigenvalue weighted by atomic mass is 9.75. The predicted octanol–water partition coefficient (Wildman–Crippen LogP) is 2.86. The van der Waals surface area contributed by atoms with Gasteiger partial charge in [-0.1, -0.05) is 31.4 Å². The molecule has 1 N–H and O–H groups in total. The van der Waals surface area contributed by atoms with E-state index in [-0.39, 0.29) is 24.4 Å². The predicted molar refractivity (Wildman–Crippen MR) is 91.8 cm³/mol. The molecule has 6 nitrogen and oxygen atoms in total. The van der Waals surface area contributed by atoms with Crippen LogP contribution in [0.25, 0.3) is 0 Å². The van der Waals surface area contributed by atoms with Gasteiger partial charge in [0, 0.05) is 0 Å². The van der Waals surface area contributed by atoms with Gasteiger partial charge in [-0.2, -0.15) is 0 Å². The van der Waals surface area contributed by atoms with Crippen molar-refractivity contribution in [3.63, 3.8) is 0 Å². The van der Waals surface area contributed by atoms with Gasteiger partial charge in [0.2, 0.25) is 0 Å². The molecule has 0 aromatic heterocycles. The van der Waals surface area contributed by atoms with E-state index in [0.717, 1.165) is 31.2 Å². The number of ether oxygens (including phenoxy) is 1. The molecular weight excluding hydrogens is 320 g/mol. The number of hydrogen-bond donors (Lipinski definition) is 1. The van der Waals surface area contributed by atoms with Gasteiger partial charge < -0.3 is 10.1 Å². The Morgan fingerprint density at radius 2 is 1.84 bits per heavy atom.